The van der Waals surface area contributed by atoms with E-state index in [-0.39, 0.29) is 19.0 Å². The van der Waals surface area contributed by atoms with Crippen LogP contribution in [0.25, 0.3) is 0 Å². The van der Waals surface area contributed by atoms with Gasteiger partial charge in [-0.25, -0.2) is 4.39 Å². The van der Waals surface area contributed by atoms with Crippen LogP contribution in [0.3, 0.4) is 0 Å². The van der Waals surface area contributed by atoms with Crippen LogP contribution in [-0.2, 0) is 0 Å². The third kappa shape index (κ3) is 2.20. The van der Waals surface area contributed by atoms with Crippen LogP contribution >= 0.6 is 0 Å². The van der Waals surface area contributed by atoms with E-state index in [9.17, 15) is 4.39 Å². The molecule has 0 saturated heterocycles. The van der Waals surface area contributed by atoms with Crippen molar-refractivity contribution in [2.24, 2.45) is 0 Å². The molecular weight excluding hydrogens is 159 g/mol. The van der Waals surface area contributed by atoms with Crippen molar-refractivity contribution in [2.45, 2.75) is 6.92 Å². The average molecular weight is 170 g/mol. The fourth-order valence-corrected chi connectivity index (χ4v) is 0.870. The Kier molecular flexibility index (Phi) is 3.05. The number of halogens is 1. The first-order valence-corrected chi connectivity index (χ1v) is 3.74. The Balaban J connectivity index is 2.69. The van der Waals surface area contributed by atoms with E-state index in [2.05, 4.69) is 0 Å². The van der Waals surface area contributed by atoms with Gasteiger partial charge >= 0.3 is 0 Å². The first-order chi connectivity index (χ1) is 5.74. The first kappa shape index (κ1) is 9.00. The molecule has 0 aliphatic carbocycles. The SMILES string of the molecule is Cc1cc(OCCO)ccc1F. The first-order valence-electron chi connectivity index (χ1n) is 3.74. The molecule has 0 aliphatic heterocycles. The molecule has 12 heavy (non-hydrogen) atoms. The molecule has 1 aromatic rings. The second-order valence-corrected chi connectivity index (χ2v) is 2.48. The Labute approximate surface area is 70.6 Å². The largest absolute Gasteiger partial charge is 0.491 e. The van der Waals surface area contributed by atoms with Gasteiger partial charge in [0, 0.05) is 0 Å². The molecule has 66 valence electrons. The van der Waals surface area contributed by atoms with E-state index in [1.54, 1.807) is 13.0 Å². The number of aryl methyl sites for hydroxylation is 1. The Bertz CT molecular complexity index is 261. The van der Waals surface area contributed by atoms with Gasteiger partial charge in [0.1, 0.15) is 18.2 Å². The highest BCUT2D eigenvalue weighted by atomic mass is 19.1. The lowest BCUT2D eigenvalue weighted by molar-refractivity contribution is 0.201. The van der Waals surface area contributed by atoms with Crippen molar-refractivity contribution < 1.29 is 14.2 Å². The zero-order chi connectivity index (χ0) is 8.97. The molecule has 0 spiro atoms. The Morgan fingerprint density at radius 1 is 1.50 bits per heavy atom. The van der Waals surface area contributed by atoms with E-state index in [0.717, 1.165) is 0 Å². The monoisotopic (exact) mass is 170 g/mol. The molecule has 1 rings (SSSR count). The molecule has 0 radical (unpaired) electrons. The average Bonchev–Trinajstić information content (AvgIpc) is 2.07. The van der Waals surface area contributed by atoms with Gasteiger partial charge in [-0.05, 0) is 30.7 Å². The van der Waals surface area contributed by atoms with E-state index < -0.39 is 0 Å². The van der Waals surface area contributed by atoms with Crippen LogP contribution in [0.5, 0.6) is 5.75 Å². The van der Waals surface area contributed by atoms with Gasteiger partial charge in [0.05, 0.1) is 6.61 Å². The summed E-state index contributed by atoms with van der Waals surface area (Å²) >= 11 is 0. The highest BCUT2D eigenvalue weighted by molar-refractivity contribution is 5.28. The quantitative estimate of drug-likeness (QED) is 0.745. The van der Waals surface area contributed by atoms with Gasteiger partial charge in [0.15, 0.2) is 0 Å². The van der Waals surface area contributed by atoms with Crippen molar-refractivity contribution in [1.29, 1.82) is 0 Å². The molecule has 2 nitrogen and oxygen atoms in total. The van der Waals surface area contributed by atoms with Crippen molar-refractivity contribution in [3.8, 4) is 5.75 Å². The second-order valence-electron chi connectivity index (χ2n) is 2.48. The molecule has 0 unspecified atom stereocenters. The van der Waals surface area contributed by atoms with E-state index in [0.29, 0.717) is 11.3 Å². The summed E-state index contributed by atoms with van der Waals surface area (Å²) in [4.78, 5) is 0. The summed E-state index contributed by atoms with van der Waals surface area (Å²) < 4.78 is 17.8. The summed E-state index contributed by atoms with van der Waals surface area (Å²) in [6.45, 7) is 1.88. The zero-order valence-corrected chi connectivity index (χ0v) is 6.88. The summed E-state index contributed by atoms with van der Waals surface area (Å²) in [6.07, 6.45) is 0. The molecule has 0 heterocycles. The van der Waals surface area contributed by atoms with Gasteiger partial charge < -0.3 is 9.84 Å². The van der Waals surface area contributed by atoms with Crippen molar-refractivity contribution in [3.63, 3.8) is 0 Å². The number of ether oxygens (including phenoxy) is 1. The lowest BCUT2D eigenvalue weighted by atomic mass is 10.2. The molecule has 0 bridgehead atoms. The maximum atomic E-state index is 12.7. The molecule has 0 fully saturated rings. The fourth-order valence-electron chi connectivity index (χ4n) is 0.870. The molecule has 0 atom stereocenters. The summed E-state index contributed by atoms with van der Waals surface area (Å²) in [5, 5.41) is 8.45. The van der Waals surface area contributed by atoms with Crippen molar-refractivity contribution in [2.75, 3.05) is 13.2 Å². The lowest BCUT2D eigenvalue weighted by Crippen LogP contribution is -2.01. The number of aliphatic hydroxyl groups excluding tert-OH is 1. The van der Waals surface area contributed by atoms with Gasteiger partial charge in [-0.3, -0.25) is 0 Å². The highest BCUT2D eigenvalue weighted by Gasteiger charge is 1.98. The number of rotatable bonds is 3. The summed E-state index contributed by atoms with van der Waals surface area (Å²) in [7, 11) is 0. The fraction of sp³-hybridized carbons (Fsp3) is 0.333. The Hall–Kier alpha value is -1.09. The summed E-state index contributed by atoms with van der Waals surface area (Å²) in [5.41, 5.74) is 0.547. The number of benzene rings is 1. The van der Waals surface area contributed by atoms with Crippen LogP contribution in [0.15, 0.2) is 18.2 Å². The van der Waals surface area contributed by atoms with Crippen molar-refractivity contribution in [1.82, 2.24) is 0 Å². The van der Waals surface area contributed by atoms with Gasteiger partial charge in [-0.1, -0.05) is 0 Å². The third-order valence-corrected chi connectivity index (χ3v) is 1.49. The van der Waals surface area contributed by atoms with Crippen LogP contribution in [0.4, 0.5) is 4.39 Å². The maximum Gasteiger partial charge on any atom is 0.126 e. The van der Waals surface area contributed by atoms with Crippen LogP contribution < -0.4 is 4.74 Å². The minimum atomic E-state index is -0.244. The Morgan fingerprint density at radius 3 is 2.83 bits per heavy atom. The predicted octanol–water partition coefficient (Wildman–Crippen LogP) is 1.51. The summed E-state index contributed by atoms with van der Waals surface area (Å²) in [6, 6.07) is 4.49. The van der Waals surface area contributed by atoms with E-state index >= 15 is 0 Å². The molecule has 0 saturated carbocycles. The van der Waals surface area contributed by atoms with Crippen molar-refractivity contribution >= 4 is 0 Å². The second kappa shape index (κ2) is 4.07. The number of hydrogen-bond acceptors (Lipinski definition) is 2. The third-order valence-electron chi connectivity index (χ3n) is 1.49. The van der Waals surface area contributed by atoms with E-state index in [1.807, 2.05) is 0 Å². The molecule has 1 aromatic carbocycles. The van der Waals surface area contributed by atoms with Gasteiger partial charge in [-0.15, -0.1) is 0 Å². The van der Waals surface area contributed by atoms with E-state index in [1.165, 1.54) is 12.1 Å². The van der Waals surface area contributed by atoms with Crippen LogP contribution in [0.2, 0.25) is 0 Å². The van der Waals surface area contributed by atoms with Gasteiger partial charge in [-0.2, -0.15) is 0 Å². The number of aliphatic hydroxyl groups is 1. The lowest BCUT2D eigenvalue weighted by Gasteiger charge is -2.04. The van der Waals surface area contributed by atoms with Gasteiger partial charge in [0.25, 0.3) is 0 Å². The normalized spacial score (nSPS) is 9.92. The van der Waals surface area contributed by atoms with Crippen LogP contribution in [0, 0.1) is 12.7 Å². The smallest absolute Gasteiger partial charge is 0.126 e. The standard InChI is InChI=1S/C9H11FO2/c1-7-6-8(12-5-4-11)2-3-9(7)10/h2-3,6,11H,4-5H2,1H3. The van der Waals surface area contributed by atoms with E-state index in [4.69, 9.17) is 9.84 Å². The molecule has 1 N–H and O–H groups in total. The van der Waals surface area contributed by atoms with Gasteiger partial charge in [0.2, 0.25) is 0 Å². The zero-order valence-electron chi connectivity index (χ0n) is 6.88. The molecule has 3 heteroatoms. The topological polar surface area (TPSA) is 29.5 Å². The molecular formula is C9H11FO2. The summed E-state index contributed by atoms with van der Waals surface area (Å²) in [5.74, 6) is 0.342. The highest BCUT2D eigenvalue weighted by Crippen LogP contribution is 2.15. The minimum Gasteiger partial charge on any atom is -0.491 e. The number of hydrogen-bond donors (Lipinski definition) is 1. The van der Waals surface area contributed by atoms with Crippen molar-refractivity contribution in [3.05, 3.63) is 29.6 Å². The maximum absolute atomic E-state index is 12.7. The Morgan fingerprint density at radius 2 is 2.25 bits per heavy atom. The van der Waals surface area contributed by atoms with Crippen LogP contribution in [0.1, 0.15) is 5.56 Å². The minimum absolute atomic E-state index is 0.0313. The predicted molar refractivity (Wildman–Crippen MR) is 43.7 cm³/mol. The molecule has 0 aliphatic rings. The van der Waals surface area contributed by atoms with Crippen LogP contribution in [-0.4, -0.2) is 18.3 Å². The molecule has 0 amide bonds. The molecule has 0 aromatic heterocycles.